The summed E-state index contributed by atoms with van der Waals surface area (Å²) in [6.45, 7) is 4.20. The maximum atomic E-state index is 13.7. The molecule has 1 aliphatic carbocycles. The van der Waals surface area contributed by atoms with E-state index in [9.17, 15) is 14.4 Å². The van der Waals surface area contributed by atoms with Crippen molar-refractivity contribution in [1.82, 2.24) is 30.8 Å². The molecule has 1 aliphatic heterocycles. The van der Waals surface area contributed by atoms with E-state index in [-0.39, 0.29) is 23.3 Å². The molecule has 2 aromatic heterocycles. The minimum absolute atomic E-state index is 0.112. The van der Waals surface area contributed by atoms with Crippen LogP contribution in [0, 0.1) is 11.8 Å². The summed E-state index contributed by atoms with van der Waals surface area (Å²) in [4.78, 5) is 50.3. The zero-order valence-corrected chi connectivity index (χ0v) is 24.6. The summed E-state index contributed by atoms with van der Waals surface area (Å²) in [5.74, 6) is 0.574. The molecule has 1 saturated heterocycles. The Kier molecular flexibility index (Phi) is 8.99. The summed E-state index contributed by atoms with van der Waals surface area (Å²) in [7, 11) is 0. The van der Waals surface area contributed by atoms with Crippen LogP contribution in [-0.2, 0) is 16.0 Å². The van der Waals surface area contributed by atoms with Crippen LogP contribution in [0.15, 0.2) is 59.7 Å². The standard InChI is InChI=1S/C32H39N9O3/c33-17-20-4-6-22(7-5-20)29(42)38-28(31(44)37-25-8-9-26-27(16-25)39-40-30(26)43)15-21-2-1-3-23(14-21)24-18-35-32(36-19-24)41-12-10-34-11-13-41/h1-3,8-9,14,16,18-20,22,28,34H,4-7,10-13,15,17,33H2,(H,37,44)(H,38,42)(H2,39,40,43). The smallest absolute Gasteiger partial charge is 0.271 e. The lowest BCUT2D eigenvalue weighted by Crippen LogP contribution is -2.48. The second-order valence-electron chi connectivity index (χ2n) is 11.8. The summed E-state index contributed by atoms with van der Waals surface area (Å²) < 4.78 is 0. The molecule has 0 spiro atoms. The van der Waals surface area contributed by atoms with E-state index in [0.717, 1.165) is 68.6 Å². The number of benzene rings is 2. The van der Waals surface area contributed by atoms with E-state index in [1.165, 1.54) is 0 Å². The first-order valence-corrected chi connectivity index (χ1v) is 15.4. The van der Waals surface area contributed by atoms with E-state index < -0.39 is 6.04 Å². The predicted octanol–water partition coefficient (Wildman–Crippen LogP) is 2.15. The topological polar surface area (TPSA) is 174 Å². The lowest BCUT2D eigenvalue weighted by atomic mass is 9.81. The second kappa shape index (κ2) is 13.4. The van der Waals surface area contributed by atoms with Gasteiger partial charge < -0.3 is 26.6 Å². The van der Waals surface area contributed by atoms with Crippen molar-refractivity contribution in [2.75, 3.05) is 42.9 Å². The third kappa shape index (κ3) is 6.81. The van der Waals surface area contributed by atoms with Gasteiger partial charge in [0.1, 0.15) is 6.04 Å². The molecule has 44 heavy (non-hydrogen) atoms. The molecule has 0 radical (unpaired) electrons. The number of nitrogens with one attached hydrogen (secondary N) is 5. The molecule has 1 unspecified atom stereocenters. The normalized spacial score (nSPS) is 19.4. The minimum Gasteiger partial charge on any atom is -0.344 e. The van der Waals surface area contributed by atoms with Gasteiger partial charge in [0.05, 0.1) is 10.9 Å². The van der Waals surface area contributed by atoms with E-state index in [1.54, 1.807) is 18.2 Å². The monoisotopic (exact) mass is 597 g/mol. The van der Waals surface area contributed by atoms with Gasteiger partial charge in [-0.2, -0.15) is 0 Å². The molecule has 12 nitrogen and oxygen atoms in total. The molecule has 2 fully saturated rings. The highest BCUT2D eigenvalue weighted by atomic mass is 16.2. The Morgan fingerprint density at radius 2 is 1.75 bits per heavy atom. The fraction of sp³-hybridized carbons (Fsp3) is 0.406. The Labute approximate surface area is 255 Å². The lowest BCUT2D eigenvalue weighted by Gasteiger charge is -2.28. The lowest BCUT2D eigenvalue weighted by molar-refractivity contribution is -0.130. The summed E-state index contributed by atoms with van der Waals surface area (Å²) in [5.41, 5.74) is 9.44. The number of nitrogens with zero attached hydrogens (tertiary/aromatic N) is 3. The Balaban J connectivity index is 1.19. The van der Waals surface area contributed by atoms with E-state index in [1.807, 2.05) is 36.7 Å². The molecule has 4 aromatic rings. The average molecular weight is 598 g/mol. The number of carbonyl (C=O) groups is 2. The summed E-state index contributed by atoms with van der Waals surface area (Å²) in [6.07, 6.45) is 7.31. The van der Waals surface area contributed by atoms with E-state index in [2.05, 4.69) is 41.0 Å². The van der Waals surface area contributed by atoms with Gasteiger partial charge in [-0.05, 0) is 67.5 Å². The van der Waals surface area contributed by atoms with Crippen molar-refractivity contribution in [3.8, 4) is 11.1 Å². The number of carbonyl (C=O) groups excluding carboxylic acids is 2. The van der Waals surface area contributed by atoms with Crippen LogP contribution in [0.5, 0.6) is 0 Å². The van der Waals surface area contributed by atoms with Crippen LogP contribution in [0.2, 0.25) is 0 Å². The van der Waals surface area contributed by atoms with Gasteiger partial charge in [0.25, 0.3) is 5.56 Å². The third-order valence-electron chi connectivity index (χ3n) is 8.76. The second-order valence-corrected chi connectivity index (χ2v) is 11.8. The zero-order valence-electron chi connectivity index (χ0n) is 24.6. The molecule has 2 amide bonds. The fourth-order valence-electron chi connectivity index (χ4n) is 6.12. The van der Waals surface area contributed by atoms with Gasteiger partial charge in [-0.1, -0.05) is 24.3 Å². The Morgan fingerprint density at radius 3 is 2.50 bits per heavy atom. The van der Waals surface area contributed by atoms with Crippen LogP contribution in [0.1, 0.15) is 31.2 Å². The number of hydrogen-bond donors (Lipinski definition) is 6. The number of rotatable bonds is 9. The summed E-state index contributed by atoms with van der Waals surface area (Å²) in [6, 6.07) is 12.1. The Hall–Kier alpha value is -4.55. The molecule has 230 valence electrons. The highest BCUT2D eigenvalue weighted by Crippen LogP contribution is 2.28. The SMILES string of the molecule is NCC1CCC(C(=O)NC(Cc2cccc(-c3cnc(N4CCNCC4)nc3)c2)C(=O)Nc2ccc3c(=O)[nH][nH]c3c2)CC1. The zero-order chi connectivity index (χ0) is 30.5. The van der Waals surface area contributed by atoms with Crippen LogP contribution in [0.25, 0.3) is 22.0 Å². The summed E-state index contributed by atoms with van der Waals surface area (Å²) in [5, 5.41) is 15.2. The minimum atomic E-state index is -0.808. The van der Waals surface area contributed by atoms with E-state index in [4.69, 9.17) is 5.73 Å². The quantitative estimate of drug-likeness (QED) is 0.170. The molecule has 1 saturated carbocycles. The maximum Gasteiger partial charge on any atom is 0.271 e. The molecule has 2 aromatic carbocycles. The highest BCUT2D eigenvalue weighted by Gasteiger charge is 2.29. The van der Waals surface area contributed by atoms with Gasteiger partial charge in [0.15, 0.2) is 0 Å². The van der Waals surface area contributed by atoms with Crippen molar-refractivity contribution in [2.24, 2.45) is 17.6 Å². The van der Waals surface area contributed by atoms with Gasteiger partial charge in [-0.15, -0.1) is 0 Å². The maximum absolute atomic E-state index is 13.7. The molecule has 7 N–H and O–H groups in total. The van der Waals surface area contributed by atoms with Gasteiger partial charge in [0.2, 0.25) is 17.8 Å². The number of nitrogens with two attached hydrogens (primary N) is 1. The number of hydrogen-bond acceptors (Lipinski definition) is 8. The van der Waals surface area contributed by atoms with Gasteiger partial charge in [-0.25, -0.2) is 9.97 Å². The Morgan fingerprint density at radius 1 is 0.977 bits per heavy atom. The van der Waals surface area contributed by atoms with Crippen LogP contribution in [0.4, 0.5) is 11.6 Å². The molecule has 12 heteroatoms. The van der Waals surface area contributed by atoms with Gasteiger partial charge >= 0.3 is 0 Å². The first-order valence-electron chi connectivity index (χ1n) is 15.4. The number of amides is 2. The van der Waals surface area contributed by atoms with Crippen LogP contribution in [0.3, 0.4) is 0 Å². The van der Waals surface area contributed by atoms with Crippen LogP contribution < -0.4 is 32.1 Å². The fourth-order valence-corrected chi connectivity index (χ4v) is 6.12. The van der Waals surface area contributed by atoms with Crippen molar-refractivity contribution in [3.05, 3.63) is 70.8 Å². The number of H-pyrrole nitrogens is 2. The molecule has 0 bridgehead atoms. The van der Waals surface area contributed by atoms with Crippen molar-refractivity contribution < 1.29 is 9.59 Å². The molecule has 2 aliphatic rings. The Bertz CT molecular complexity index is 1650. The first-order chi connectivity index (χ1) is 21.5. The van der Waals surface area contributed by atoms with Crippen molar-refractivity contribution in [2.45, 2.75) is 38.1 Å². The van der Waals surface area contributed by atoms with Crippen molar-refractivity contribution >= 4 is 34.4 Å². The van der Waals surface area contributed by atoms with E-state index in [0.29, 0.717) is 41.4 Å². The third-order valence-corrected chi connectivity index (χ3v) is 8.76. The number of aromatic amines is 2. The van der Waals surface area contributed by atoms with Crippen LogP contribution >= 0.6 is 0 Å². The van der Waals surface area contributed by atoms with Crippen LogP contribution in [-0.4, -0.2) is 70.7 Å². The number of aromatic nitrogens is 4. The molecular weight excluding hydrogens is 558 g/mol. The molecule has 6 rings (SSSR count). The van der Waals surface area contributed by atoms with E-state index >= 15 is 0 Å². The molecule has 3 heterocycles. The van der Waals surface area contributed by atoms with Crippen molar-refractivity contribution in [3.63, 3.8) is 0 Å². The number of piperazine rings is 1. The average Bonchev–Trinajstić information content (AvgIpc) is 3.44. The van der Waals surface area contributed by atoms with Gasteiger partial charge in [-0.3, -0.25) is 24.6 Å². The number of fused-ring (bicyclic) bond motifs is 1. The predicted molar refractivity (Wildman–Crippen MR) is 170 cm³/mol. The molecular formula is C32H39N9O3. The molecule has 1 atom stereocenters. The van der Waals surface area contributed by atoms with Gasteiger partial charge in [0, 0.05) is 62.2 Å². The van der Waals surface area contributed by atoms with Crippen molar-refractivity contribution in [1.29, 1.82) is 0 Å². The highest BCUT2D eigenvalue weighted by molar-refractivity contribution is 5.99. The largest absolute Gasteiger partial charge is 0.344 e. The summed E-state index contributed by atoms with van der Waals surface area (Å²) >= 11 is 0. The first kappa shape index (κ1) is 29.5. The number of anilines is 2.